The smallest absolute Gasteiger partial charge is 0.127 e. The van der Waals surface area contributed by atoms with Crippen molar-refractivity contribution in [3.8, 4) is 23.0 Å². The second-order valence-electron chi connectivity index (χ2n) is 7.32. The predicted molar refractivity (Wildman–Crippen MR) is 115 cm³/mol. The number of ether oxygens (including phenoxy) is 4. The normalized spacial score (nSPS) is 11.1. The highest BCUT2D eigenvalue weighted by atomic mass is 16.5. The molecule has 0 aliphatic rings. The zero-order chi connectivity index (χ0) is 20.5. The van der Waals surface area contributed by atoms with Gasteiger partial charge in [0.1, 0.15) is 28.6 Å². The van der Waals surface area contributed by atoms with Crippen molar-refractivity contribution in [2.45, 2.75) is 33.0 Å². The van der Waals surface area contributed by atoms with Gasteiger partial charge in [-0.3, -0.25) is 0 Å². The van der Waals surface area contributed by atoms with E-state index in [1.807, 2.05) is 99.6 Å². The molecule has 3 rings (SSSR count). The molecule has 0 unspecified atom stereocenters. The summed E-state index contributed by atoms with van der Waals surface area (Å²) in [6.45, 7) is 7.59. The summed E-state index contributed by atoms with van der Waals surface area (Å²) < 4.78 is 23.3. The molecule has 4 nitrogen and oxygen atoms in total. The Morgan fingerprint density at radius 3 is 2.14 bits per heavy atom. The molecule has 0 saturated heterocycles. The van der Waals surface area contributed by atoms with Crippen LogP contribution in [-0.2, 0) is 11.3 Å². The Bertz CT molecular complexity index is 873. The van der Waals surface area contributed by atoms with Crippen molar-refractivity contribution < 1.29 is 18.9 Å². The lowest BCUT2D eigenvalue weighted by Crippen LogP contribution is -2.34. The summed E-state index contributed by atoms with van der Waals surface area (Å²) in [4.78, 5) is 0. The Labute approximate surface area is 173 Å². The van der Waals surface area contributed by atoms with Crippen molar-refractivity contribution in [2.24, 2.45) is 0 Å². The fraction of sp³-hybridized carbons (Fsp3) is 0.280. The van der Waals surface area contributed by atoms with E-state index in [-0.39, 0.29) is 0 Å². The van der Waals surface area contributed by atoms with E-state index in [9.17, 15) is 0 Å². The fourth-order valence-electron chi connectivity index (χ4n) is 2.86. The highest BCUT2D eigenvalue weighted by molar-refractivity contribution is 5.34. The van der Waals surface area contributed by atoms with Gasteiger partial charge in [-0.15, -0.1) is 0 Å². The summed E-state index contributed by atoms with van der Waals surface area (Å²) in [5.41, 5.74) is 0.598. The maximum absolute atomic E-state index is 6.07. The summed E-state index contributed by atoms with van der Waals surface area (Å²) >= 11 is 0. The van der Waals surface area contributed by atoms with Gasteiger partial charge in [0.2, 0.25) is 0 Å². The molecule has 0 aromatic heterocycles. The molecule has 3 aromatic rings. The minimum atomic E-state index is -0.453. The predicted octanol–water partition coefficient (Wildman–Crippen LogP) is 6.25. The standard InChI is InChI=1S/C25H28O4/c1-4-27-21-13-15-23(16-14-21)29-25(2,3)19-26-18-20-9-8-12-24(17-20)28-22-10-6-5-7-11-22/h5-17H,4,18-19H2,1-3H3. The monoisotopic (exact) mass is 392 g/mol. The van der Waals surface area contributed by atoms with Gasteiger partial charge in [0.25, 0.3) is 0 Å². The van der Waals surface area contributed by atoms with Gasteiger partial charge in [-0.25, -0.2) is 0 Å². The average Bonchev–Trinajstić information content (AvgIpc) is 2.70. The molecular weight excluding hydrogens is 364 g/mol. The van der Waals surface area contributed by atoms with Gasteiger partial charge in [-0.2, -0.15) is 0 Å². The first-order valence-electron chi connectivity index (χ1n) is 9.85. The van der Waals surface area contributed by atoms with Crippen molar-refractivity contribution in [3.63, 3.8) is 0 Å². The third-order valence-corrected chi connectivity index (χ3v) is 4.12. The molecule has 152 valence electrons. The summed E-state index contributed by atoms with van der Waals surface area (Å²) in [5.74, 6) is 3.24. The molecule has 0 amide bonds. The number of para-hydroxylation sites is 1. The van der Waals surface area contributed by atoms with E-state index >= 15 is 0 Å². The number of benzene rings is 3. The van der Waals surface area contributed by atoms with Gasteiger partial charge in [-0.05, 0) is 74.9 Å². The Hall–Kier alpha value is -2.98. The van der Waals surface area contributed by atoms with Crippen LogP contribution in [0.3, 0.4) is 0 Å². The first-order chi connectivity index (χ1) is 14.0. The molecule has 29 heavy (non-hydrogen) atoms. The van der Waals surface area contributed by atoms with E-state index < -0.39 is 5.60 Å². The number of rotatable bonds is 10. The summed E-state index contributed by atoms with van der Waals surface area (Å²) in [7, 11) is 0. The van der Waals surface area contributed by atoms with Crippen LogP contribution in [0.4, 0.5) is 0 Å². The van der Waals surface area contributed by atoms with Gasteiger partial charge in [0, 0.05) is 0 Å². The minimum absolute atomic E-state index is 0.453. The second kappa shape index (κ2) is 9.99. The van der Waals surface area contributed by atoms with Crippen LogP contribution in [0.15, 0.2) is 78.9 Å². The van der Waals surface area contributed by atoms with E-state index in [0.29, 0.717) is 19.8 Å². The summed E-state index contributed by atoms with van der Waals surface area (Å²) in [6.07, 6.45) is 0. The van der Waals surface area contributed by atoms with Crippen LogP contribution in [0, 0.1) is 0 Å². The molecule has 0 saturated carbocycles. The van der Waals surface area contributed by atoms with Crippen LogP contribution in [-0.4, -0.2) is 18.8 Å². The molecule has 0 spiro atoms. The van der Waals surface area contributed by atoms with Crippen molar-refractivity contribution in [1.82, 2.24) is 0 Å². The lowest BCUT2D eigenvalue weighted by Gasteiger charge is -2.26. The highest BCUT2D eigenvalue weighted by Gasteiger charge is 2.20. The third kappa shape index (κ3) is 6.84. The van der Waals surface area contributed by atoms with Gasteiger partial charge in [-0.1, -0.05) is 30.3 Å². The SMILES string of the molecule is CCOc1ccc(OC(C)(C)COCc2cccc(Oc3ccccc3)c2)cc1. The molecule has 0 fully saturated rings. The lowest BCUT2D eigenvalue weighted by molar-refractivity contribution is -0.0101. The van der Waals surface area contributed by atoms with Crippen LogP contribution in [0.5, 0.6) is 23.0 Å². The van der Waals surface area contributed by atoms with E-state index in [0.717, 1.165) is 28.6 Å². The average molecular weight is 392 g/mol. The molecular formula is C25H28O4. The molecule has 0 aliphatic carbocycles. The highest BCUT2D eigenvalue weighted by Crippen LogP contribution is 2.24. The second-order valence-corrected chi connectivity index (χ2v) is 7.32. The zero-order valence-corrected chi connectivity index (χ0v) is 17.3. The van der Waals surface area contributed by atoms with Gasteiger partial charge in [0.15, 0.2) is 0 Å². The Balaban J connectivity index is 1.50. The first kappa shape index (κ1) is 20.7. The van der Waals surface area contributed by atoms with Gasteiger partial charge < -0.3 is 18.9 Å². The largest absolute Gasteiger partial charge is 0.494 e. The molecule has 3 aromatic carbocycles. The maximum Gasteiger partial charge on any atom is 0.127 e. The van der Waals surface area contributed by atoms with E-state index in [1.165, 1.54) is 0 Å². The molecule has 0 N–H and O–H groups in total. The molecule has 0 heterocycles. The molecule has 0 atom stereocenters. The molecule has 4 heteroatoms. The van der Waals surface area contributed by atoms with E-state index in [2.05, 4.69) is 0 Å². The van der Waals surface area contributed by atoms with Gasteiger partial charge in [0.05, 0.1) is 19.8 Å². The van der Waals surface area contributed by atoms with Crippen LogP contribution in [0.2, 0.25) is 0 Å². The lowest BCUT2D eigenvalue weighted by atomic mass is 10.1. The van der Waals surface area contributed by atoms with E-state index in [1.54, 1.807) is 0 Å². The third-order valence-electron chi connectivity index (χ3n) is 4.12. The van der Waals surface area contributed by atoms with Crippen LogP contribution in [0.25, 0.3) is 0 Å². The first-order valence-corrected chi connectivity index (χ1v) is 9.85. The van der Waals surface area contributed by atoms with Crippen molar-refractivity contribution in [3.05, 3.63) is 84.4 Å². The van der Waals surface area contributed by atoms with Crippen LogP contribution < -0.4 is 14.2 Å². The van der Waals surface area contributed by atoms with Crippen molar-refractivity contribution in [2.75, 3.05) is 13.2 Å². The zero-order valence-electron chi connectivity index (χ0n) is 17.3. The maximum atomic E-state index is 6.07. The topological polar surface area (TPSA) is 36.9 Å². The summed E-state index contributed by atoms with van der Waals surface area (Å²) in [5, 5.41) is 0. The number of hydrogen-bond acceptors (Lipinski definition) is 4. The Morgan fingerprint density at radius 2 is 1.41 bits per heavy atom. The van der Waals surface area contributed by atoms with Crippen LogP contribution >= 0.6 is 0 Å². The Kier molecular flexibility index (Phi) is 7.14. The summed E-state index contributed by atoms with van der Waals surface area (Å²) in [6, 6.07) is 25.3. The van der Waals surface area contributed by atoms with Crippen molar-refractivity contribution >= 4 is 0 Å². The molecule has 0 bridgehead atoms. The van der Waals surface area contributed by atoms with Crippen LogP contribution in [0.1, 0.15) is 26.3 Å². The fourth-order valence-corrected chi connectivity index (χ4v) is 2.86. The molecule has 0 aliphatic heterocycles. The quantitative estimate of drug-likeness (QED) is 0.408. The van der Waals surface area contributed by atoms with E-state index in [4.69, 9.17) is 18.9 Å². The van der Waals surface area contributed by atoms with Crippen molar-refractivity contribution in [1.29, 1.82) is 0 Å². The minimum Gasteiger partial charge on any atom is -0.494 e. The number of hydrogen-bond donors (Lipinski definition) is 0. The Morgan fingerprint density at radius 1 is 0.724 bits per heavy atom. The molecule has 0 radical (unpaired) electrons. The van der Waals surface area contributed by atoms with Gasteiger partial charge >= 0.3 is 0 Å².